The Morgan fingerprint density at radius 1 is 1.19 bits per heavy atom. The van der Waals surface area contributed by atoms with Gasteiger partial charge in [-0.05, 0) is 61.5 Å². The molecule has 0 saturated carbocycles. The molecule has 7 heteroatoms. The van der Waals surface area contributed by atoms with Crippen LogP contribution in [0.5, 0.6) is 0 Å². The number of imide groups is 1. The molecule has 2 aliphatic heterocycles. The maximum Gasteiger partial charge on any atom is 0.325 e. The van der Waals surface area contributed by atoms with E-state index in [4.69, 9.17) is 4.42 Å². The van der Waals surface area contributed by atoms with Gasteiger partial charge in [0.1, 0.15) is 11.4 Å². The minimum Gasteiger partial charge on any atom is -0.472 e. The molecule has 2 aromatic rings. The fourth-order valence-corrected chi connectivity index (χ4v) is 4.91. The molecule has 1 N–H and O–H groups in total. The molecule has 0 radical (unpaired) electrons. The first kappa shape index (κ1) is 21.6. The van der Waals surface area contributed by atoms with E-state index in [9.17, 15) is 14.0 Å². The number of furan rings is 1. The quantitative estimate of drug-likeness (QED) is 0.683. The summed E-state index contributed by atoms with van der Waals surface area (Å²) in [5, 5.41) is 3.05. The van der Waals surface area contributed by atoms with Crippen LogP contribution >= 0.6 is 0 Å². The number of amides is 3. The summed E-state index contributed by atoms with van der Waals surface area (Å²) in [7, 11) is 0. The van der Waals surface area contributed by atoms with Crippen LogP contribution < -0.4 is 5.32 Å². The second kappa shape index (κ2) is 8.83. The first-order valence-corrected chi connectivity index (χ1v) is 11.0. The van der Waals surface area contributed by atoms with Crippen molar-refractivity contribution in [3.63, 3.8) is 0 Å². The topological polar surface area (TPSA) is 65.8 Å². The molecule has 1 aromatic carbocycles. The summed E-state index contributed by atoms with van der Waals surface area (Å²) in [6, 6.07) is 7.95. The second-order valence-electron chi connectivity index (χ2n) is 9.20. The van der Waals surface area contributed by atoms with Gasteiger partial charge in [-0.2, -0.15) is 0 Å². The molecule has 2 fully saturated rings. The van der Waals surface area contributed by atoms with E-state index in [0.29, 0.717) is 13.0 Å². The summed E-state index contributed by atoms with van der Waals surface area (Å²) in [5.74, 6) is -0.344. The van der Waals surface area contributed by atoms with Crippen molar-refractivity contribution in [2.45, 2.75) is 45.2 Å². The molecule has 1 atom stereocenters. The van der Waals surface area contributed by atoms with Crippen LogP contribution in [0.3, 0.4) is 0 Å². The molecule has 2 aliphatic rings. The molecule has 0 bridgehead atoms. The Hall–Kier alpha value is -2.67. The molecule has 3 heterocycles. The molecular formula is C24H30FN3O3. The number of hydrogen-bond acceptors (Lipinski definition) is 4. The van der Waals surface area contributed by atoms with E-state index in [1.54, 1.807) is 18.6 Å². The van der Waals surface area contributed by atoms with E-state index in [1.165, 1.54) is 17.0 Å². The van der Waals surface area contributed by atoms with Crippen molar-refractivity contribution < 1.29 is 18.4 Å². The Morgan fingerprint density at radius 2 is 1.97 bits per heavy atom. The molecule has 0 spiro atoms. The lowest BCUT2D eigenvalue weighted by atomic mass is 9.73. The Bertz CT molecular complexity index is 922. The van der Waals surface area contributed by atoms with E-state index < -0.39 is 5.54 Å². The van der Waals surface area contributed by atoms with Crippen LogP contribution in [0.4, 0.5) is 9.18 Å². The first-order valence-electron chi connectivity index (χ1n) is 11.0. The second-order valence-corrected chi connectivity index (χ2v) is 9.20. The summed E-state index contributed by atoms with van der Waals surface area (Å²) in [4.78, 5) is 30.1. The van der Waals surface area contributed by atoms with Gasteiger partial charge < -0.3 is 9.73 Å². The van der Waals surface area contributed by atoms with Crippen LogP contribution in [-0.2, 0) is 17.8 Å². The van der Waals surface area contributed by atoms with E-state index in [0.717, 1.165) is 43.6 Å². The largest absolute Gasteiger partial charge is 0.472 e. The summed E-state index contributed by atoms with van der Waals surface area (Å²) in [6.45, 7) is 6.82. The van der Waals surface area contributed by atoms with E-state index in [1.807, 2.05) is 26.0 Å². The van der Waals surface area contributed by atoms with Crippen molar-refractivity contribution in [2.24, 2.45) is 11.8 Å². The molecule has 4 rings (SSSR count). The van der Waals surface area contributed by atoms with Crippen LogP contribution in [0.15, 0.2) is 47.3 Å². The minimum absolute atomic E-state index is 0.00928. The molecule has 3 amide bonds. The fraction of sp³-hybridized carbons (Fsp3) is 0.500. The molecule has 2 saturated heterocycles. The number of carbonyl (C=O) groups excluding carboxylic acids is 2. The van der Waals surface area contributed by atoms with Crippen LogP contribution in [0, 0.1) is 17.7 Å². The number of rotatable bonds is 7. The maximum atomic E-state index is 13.9. The third-order valence-electron chi connectivity index (χ3n) is 6.39. The van der Waals surface area contributed by atoms with Crippen LogP contribution in [0.25, 0.3) is 0 Å². The molecular weight excluding hydrogens is 397 g/mol. The zero-order valence-corrected chi connectivity index (χ0v) is 18.1. The van der Waals surface area contributed by atoms with Crippen LogP contribution in [-0.4, -0.2) is 46.9 Å². The predicted octanol–water partition coefficient (Wildman–Crippen LogP) is 3.82. The van der Waals surface area contributed by atoms with Gasteiger partial charge in [-0.15, -0.1) is 0 Å². The van der Waals surface area contributed by atoms with Gasteiger partial charge in [0.15, 0.2) is 0 Å². The standard InChI is InChI=1S/C24H30FN3O3/c1-17(2)14-28-22(29)24(26-23(28)30,13-18-4-3-5-21(25)12-18)20-6-9-27(10-7-20)15-19-8-11-31-16-19/h3-5,8,11-12,16-17,20H,6-7,9-10,13-15H2,1-2H3,(H,26,30)/t24-/m1/s1. The van der Waals surface area contributed by atoms with Crippen molar-refractivity contribution in [1.82, 2.24) is 15.1 Å². The van der Waals surface area contributed by atoms with Gasteiger partial charge in [0.25, 0.3) is 5.91 Å². The van der Waals surface area contributed by atoms with Gasteiger partial charge in [-0.25, -0.2) is 9.18 Å². The normalized spacial score (nSPS) is 23.0. The van der Waals surface area contributed by atoms with Gasteiger partial charge in [0.2, 0.25) is 0 Å². The highest BCUT2D eigenvalue weighted by Gasteiger charge is 2.55. The minimum atomic E-state index is -1.03. The molecule has 6 nitrogen and oxygen atoms in total. The molecule has 0 unspecified atom stereocenters. The molecule has 0 aliphatic carbocycles. The Morgan fingerprint density at radius 3 is 2.61 bits per heavy atom. The average Bonchev–Trinajstić information content (AvgIpc) is 3.31. The number of piperidine rings is 1. The first-order chi connectivity index (χ1) is 14.9. The molecule has 31 heavy (non-hydrogen) atoms. The lowest BCUT2D eigenvalue weighted by Crippen LogP contribution is -2.57. The van der Waals surface area contributed by atoms with Gasteiger partial charge in [-0.1, -0.05) is 26.0 Å². The number of carbonyl (C=O) groups is 2. The molecule has 1 aromatic heterocycles. The number of hydrogen-bond donors (Lipinski definition) is 1. The Balaban J connectivity index is 1.56. The van der Waals surface area contributed by atoms with Crippen LogP contribution in [0.2, 0.25) is 0 Å². The van der Waals surface area contributed by atoms with Crippen molar-refractivity contribution in [2.75, 3.05) is 19.6 Å². The summed E-state index contributed by atoms with van der Waals surface area (Å²) < 4.78 is 19.0. The van der Waals surface area contributed by atoms with E-state index >= 15 is 0 Å². The van der Waals surface area contributed by atoms with E-state index in [-0.39, 0.29) is 29.6 Å². The summed E-state index contributed by atoms with van der Waals surface area (Å²) in [5.41, 5.74) is 0.823. The van der Waals surface area contributed by atoms with Crippen LogP contribution in [0.1, 0.15) is 37.8 Å². The summed E-state index contributed by atoms with van der Waals surface area (Å²) in [6.07, 6.45) is 5.30. The predicted molar refractivity (Wildman–Crippen MR) is 115 cm³/mol. The highest BCUT2D eigenvalue weighted by Crippen LogP contribution is 2.37. The van der Waals surface area contributed by atoms with Gasteiger partial charge in [-0.3, -0.25) is 14.6 Å². The maximum absolute atomic E-state index is 13.9. The molecule has 166 valence electrons. The lowest BCUT2D eigenvalue weighted by molar-refractivity contribution is -0.134. The SMILES string of the molecule is CC(C)CN1C(=O)N[C@](Cc2cccc(F)c2)(C2CCN(Cc3ccoc3)CC2)C1=O. The summed E-state index contributed by atoms with van der Waals surface area (Å²) >= 11 is 0. The average molecular weight is 428 g/mol. The smallest absolute Gasteiger partial charge is 0.325 e. The van der Waals surface area contributed by atoms with Gasteiger partial charge in [0.05, 0.1) is 12.5 Å². The highest BCUT2D eigenvalue weighted by atomic mass is 19.1. The fourth-order valence-electron chi connectivity index (χ4n) is 4.91. The van der Waals surface area contributed by atoms with Gasteiger partial charge in [0, 0.05) is 25.1 Å². The number of nitrogens with zero attached hydrogens (tertiary/aromatic N) is 2. The third kappa shape index (κ3) is 4.51. The number of halogens is 1. The monoisotopic (exact) mass is 427 g/mol. The van der Waals surface area contributed by atoms with E-state index in [2.05, 4.69) is 10.2 Å². The Labute approximate surface area is 182 Å². The Kier molecular flexibility index (Phi) is 6.14. The van der Waals surface area contributed by atoms with Crippen molar-refractivity contribution in [1.29, 1.82) is 0 Å². The van der Waals surface area contributed by atoms with Crippen molar-refractivity contribution >= 4 is 11.9 Å². The third-order valence-corrected chi connectivity index (χ3v) is 6.39. The zero-order chi connectivity index (χ0) is 22.0. The highest BCUT2D eigenvalue weighted by molar-refractivity contribution is 6.07. The number of urea groups is 1. The van der Waals surface area contributed by atoms with Gasteiger partial charge >= 0.3 is 6.03 Å². The number of nitrogens with one attached hydrogen (secondary N) is 1. The zero-order valence-electron chi connectivity index (χ0n) is 18.1. The lowest BCUT2D eigenvalue weighted by Gasteiger charge is -2.41. The van der Waals surface area contributed by atoms with Crippen molar-refractivity contribution in [3.8, 4) is 0 Å². The van der Waals surface area contributed by atoms with Crippen molar-refractivity contribution in [3.05, 3.63) is 59.8 Å². The number of likely N-dealkylation sites (tertiary alicyclic amines) is 1. The number of benzene rings is 1.